The van der Waals surface area contributed by atoms with Gasteiger partial charge in [0, 0.05) is 6.42 Å². The van der Waals surface area contributed by atoms with Gasteiger partial charge in [0.25, 0.3) is 0 Å². The van der Waals surface area contributed by atoms with Crippen molar-refractivity contribution in [3.8, 4) is 0 Å². The van der Waals surface area contributed by atoms with Crippen LogP contribution in [0.4, 0.5) is 0 Å². The van der Waals surface area contributed by atoms with Gasteiger partial charge in [0.15, 0.2) is 5.78 Å². The van der Waals surface area contributed by atoms with Crippen molar-refractivity contribution in [3.05, 3.63) is 24.3 Å². The molecule has 1 aliphatic rings. The van der Waals surface area contributed by atoms with Crippen LogP contribution in [-0.4, -0.2) is 5.78 Å². The van der Waals surface area contributed by atoms with Gasteiger partial charge in [-0.15, -0.1) is 0 Å². The van der Waals surface area contributed by atoms with Gasteiger partial charge in [0.1, 0.15) is 0 Å². The first-order chi connectivity index (χ1) is 4.83. The van der Waals surface area contributed by atoms with Crippen LogP contribution in [0.1, 0.15) is 25.7 Å². The van der Waals surface area contributed by atoms with Crippen LogP contribution in [-0.2, 0) is 4.79 Å². The van der Waals surface area contributed by atoms with E-state index in [0.717, 1.165) is 12.8 Å². The monoisotopic (exact) mass is 136 g/mol. The van der Waals surface area contributed by atoms with Crippen molar-refractivity contribution in [3.63, 3.8) is 0 Å². The zero-order valence-electron chi connectivity index (χ0n) is 6.10. The summed E-state index contributed by atoms with van der Waals surface area (Å²) in [6, 6.07) is 0. The van der Waals surface area contributed by atoms with E-state index < -0.39 is 0 Å². The molecule has 0 heterocycles. The topological polar surface area (TPSA) is 17.1 Å². The molecule has 0 saturated carbocycles. The molecular formula is C9H12O. The quantitative estimate of drug-likeness (QED) is 0.429. The normalized spacial score (nSPS) is 16.6. The van der Waals surface area contributed by atoms with Crippen molar-refractivity contribution in [1.29, 1.82) is 0 Å². The summed E-state index contributed by atoms with van der Waals surface area (Å²) in [7, 11) is 0. The first-order valence-electron chi connectivity index (χ1n) is 3.66. The Hall–Kier alpha value is -0.850. The largest absolute Gasteiger partial charge is 0.295 e. The lowest BCUT2D eigenvalue weighted by atomic mass is 10.1. The molecule has 0 fully saturated rings. The Balaban J connectivity index is 2.37. The lowest BCUT2D eigenvalue weighted by Gasteiger charge is -1.94. The number of hydrogen-bond acceptors (Lipinski definition) is 1. The lowest BCUT2D eigenvalue weighted by Crippen LogP contribution is -1.92. The summed E-state index contributed by atoms with van der Waals surface area (Å²) in [4.78, 5) is 10.8. The van der Waals surface area contributed by atoms with Crippen LogP contribution >= 0.6 is 0 Å². The van der Waals surface area contributed by atoms with Gasteiger partial charge >= 0.3 is 0 Å². The lowest BCUT2D eigenvalue weighted by molar-refractivity contribution is -0.114. The van der Waals surface area contributed by atoms with Crippen molar-refractivity contribution in [2.24, 2.45) is 0 Å². The minimum absolute atomic E-state index is 0.146. The average Bonchev–Trinajstić information content (AvgIpc) is 2.40. The van der Waals surface area contributed by atoms with Gasteiger partial charge < -0.3 is 0 Å². The van der Waals surface area contributed by atoms with Crippen molar-refractivity contribution >= 4 is 5.78 Å². The summed E-state index contributed by atoms with van der Waals surface area (Å²) in [6.45, 7) is 3.43. The summed E-state index contributed by atoms with van der Waals surface area (Å²) in [5, 5.41) is 0. The molecule has 10 heavy (non-hydrogen) atoms. The van der Waals surface area contributed by atoms with E-state index in [9.17, 15) is 4.79 Å². The van der Waals surface area contributed by atoms with E-state index in [4.69, 9.17) is 0 Å². The third-order valence-electron chi connectivity index (χ3n) is 1.76. The number of carbonyl (C=O) groups excluding carboxylic acids is 1. The van der Waals surface area contributed by atoms with E-state index >= 15 is 0 Å². The second-order valence-corrected chi connectivity index (χ2v) is 2.60. The molecule has 0 saturated heterocycles. The van der Waals surface area contributed by atoms with Crippen LogP contribution in [0.25, 0.3) is 0 Å². The zero-order chi connectivity index (χ0) is 7.40. The van der Waals surface area contributed by atoms with E-state index in [-0.39, 0.29) is 5.78 Å². The van der Waals surface area contributed by atoms with E-state index in [1.807, 2.05) is 0 Å². The maximum atomic E-state index is 10.8. The van der Waals surface area contributed by atoms with Crippen LogP contribution < -0.4 is 0 Å². The molecule has 0 N–H and O–H groups in total. The Kier molecular flexibility index (Phi) is 2.43. The highest BCUT2D eigenvalue weighted by Crippen LogP contribution is 2.20. The fourth-order valence-corrected chi connectivity index (χ4v) is 1.19. The standard InChI is InChI=1S/C9H12O/c1-2-9(10)7-8-5-3-4-6-8/h2,5H,1,3-4,6-7H2. The minimum atomic E-state index is 0.146. The smallest absolute Gasteiger partial charge is 0.159 e. The Morgan fingerprint density at radius 2 is 2.60 bits per heavy atom. The van der Waals surface area contributed by atoms with Crippen molar-refractivity contribution in [2.45, 2.75) is 25.7 Å². The van der Waals surface area contributed by atoms with Crippen molar-refractivity contribution < 1.29 is 4.79 Å². The Labute approximate surface area is 61.4 Å². The maximum absolute atomic E-state index is 10.8. The predicted octanol–water partition coefficient (Wildman–Crippen LogP) is 2.24. The highest BCUT2D eigenvalue weighted by molar-refractivity contribution is 5.90. The Morgan fingerprint density at radius 3 is 3.10 bits per heavy atom. The van der Waals surface area contributed by atoms with E-state index in [0.29, 0.717) is 6.42 Å². The van der Waals surface area contributed by atoms with Crippen molar-refractivity contribution in [2.75, 3.05) is 0 Å². The second kappa shape index (κ2) is 3.35. The van der Waals surface area contributed by atoms with Gasteiger partial charge in [-0.2, -0.15) is 0 Å². The molecule has 0 aromatic heterocycles. The van der Waals surface area contributed by atoms with Gasteiger partial charge in [0.2, 0.25) is 0 Å². The van der Waals surface area contributed by atoms with Crippen molar-refractivity contribution in [1.82, 2.24) is 0 Å². The fraction of sp³-hybridized carbons (Fsp3) is 0.444. The molecule has 0 unspecified atom stereocenters. The molecule has 0 radical (unpaired) electrons. The number of hydrogen-bond donors (Lipinski definition) is 0. The molecular weight excluding hydrogens is 124 g/mol. The van der Waals surface area contributed by atoms with Crippen LogP contribution in [0, 0.1) is 0 Å². The molecule has 1 heteroatoms. The highest BCUT2D eigenvalue weighted by atomic mass is 16.1. The van der Waals surface area contributed by atoms with Crippen LogP contribution in [0.15, 0.2) is 24.3 Å². The maximum Gasteiger partial charge on any atom is 0.159 e. The van der Waals surface area contributed by atoms with Gasteiger partial charge in [0.05, 0.1) is 0 Å². The molecule has 0 aromatic carbocycles. The molecule has 0 bridgehead atoms. The molecule has 0 aliphatic heterocycles. The zero-order valence-corrected chi connectivity index (χ0v) is 6.10. The molecule has 1 nitrogen and oxygen atoms in total. The molecule has 1 aliphatic carbocycles. The van der Waals surface area contributed by atoms with Gasteiger partial charge in [-0.25, -0.2) is 0 Å². The number of allylic oxidation sites excluding steroid dienone is 3. The molecule has 0 spiro atoms. The first kappa shape index (κ1) is 7.26. The van der Waals surface area contributed by atoms with Crippen LogP contribution in [0.2, 0.25) is 0 Å². The van der Waals surface area contributed by atoms with Gasteiger partial charge in [-0.05, 0) is 25.3 Å². The van der Waals surface area contributed by atoms with E-state index in [2.05, 4.69) is 12.7 Å². The second-order valence-electron chi connectivity index (χ2n) is 2.60. The van der Waals surface area contributed by atoms with Crippen LogP contribution in [0.3, 0.4) is 0 Å². The molecule has 54 valence electrons. The molecule has 0 aromatic rings. The SMILES string of the molecule is C=CC(=O)CC1=CCCC1. The average molecular weight is 136 g/mol. The Bertz CT molecular complexity index is 177. The van der Waals surface area contributed by atoms with Gasteiger partial charge in [-0.1, -0.05) is 18.2 Å². The summed E-state index contributed by atoms with van der Waals surface area (Å²) in [6.07, 6.45) is 7.66. The summed E-state index contributed by atoms with van der Waals surface area (Å²) < 4.78 is 0. The van der Waals surface area contributed by atoms with E-state index in [1.54, 1.807) is 0 Å². The fourth-order valence-electron chi connectivity index (χ4n) is 1.19. The number of ketones is 1. The van der Waals surface area contributed by atoms with Gasteiger partial charge in [-0.3, -0.25) is 4.79 Å². The van der Waals surface area contributed by atoms with E-state index in [1.165, 1.54) is 18.1 Å². The highest BCUT2D eigenvalue weighted by Gasteiger charge is 2.06. The predicted molar refractivity (Wildman–Crippen MR) is 41.8 cm³/mol. The third kappa shape index (κ3) is 1.83. The summed E-state index contributed by atoms with van der Waals surface area (Å²) in [5.41, 5.74) is 1.30. The Morgan fingerprint density at radius 1 is 1.80 bits per heavy atom. The van der Waals surface area contributed by atoms with Crippen LogP contribution in [0.5, 0.6) is 0 Å². The first-order valence-corrected chi connectivity index (χ1v) is 3.66. The molecule has 0 atom stereocenters. The number of carbonyl (C=O) groups is 1. The molecule has 1 rings (SSSR count). The molecule has 0 amide bonds. The minimum Gasteiger partial charge on any atom is -0.295 e. The number of rotatable bonds is 3. The summed E-state index contributed by atoms with van der Waals surface area (Å²) >= 11 is 0. The third-order valence-corrected chi connectivity index (χ3v) is 1.76. The summed E-state index contributed by atoms with van der Waals surface area (Å²) in [5.74, 6) is 0.146.